The van der Waals surface area contributed by atoms with Crippen LogP contribution in [0.3, 0.4) is 0 Å². The molecule has 0 N–H and O–H groups in total. The van der Waals surface area contributed by atoms with Crippen molar-refractivity contribution in [3.05, 3.63) is 18.0 Å². The SMILES string of the molecule is CCn1cc([C@H]2CS(=O)(=O)CCN2CCOCC(C)C)cn1. The largest absolute Gasteiger partial charge is 0.380 e. The third-order valence-corrected chi connectivity index (χ3v) is 5.51. The zero-order valence-corrected chi connectivity index (χ0v) is 14.6. The Bertz CT molecular complexity index is 568. The van der Waals surface area contributed by atoms with E-state index in [2.05, 4.69) is 23.8 Å². The van der Waals surface area contributed by atoms with Gasteiger partial charge in [-0.05, 0) is 12.8 Å². The van der Waals surface area contributed by atoms with Crippen LogP contribution in [0.1, 0.15) is 32.4 Å². The van der Waals surface area contributed by atoms with Crippen LogP contribution in [0, 0.1) is 5.92 Å². The van der Waals surface area contributed by atoms with Crippen molar-refractivity contribution >= 4 is 9.84 Å². The summed E-state index contributed by atoms with van der Waals surface area (Å²) in [5.74, 6) is 0.919. The van der Waals surface area contributed by atoms with Crippen molar-refractivity contribution in [3.63, 3.8) is 0 Å². The minimum Gasteiger partial charge on any atom is -0.380 e. The van der Waals surface area contributed by atoms with Gasteiger partial charge in [0.15, 0.2) is 9.84 Å². The third-order valence-electron chi connectivity index (χ3n) is 3.88. The summed E-state index contributed by atoms with van der Waals surface area (Å²) in [7, 11) is -2.97. The van der Waals surface area contributed by atoms with Gasteiger partial charge in [-0.25, -0.2) is 8.42 Å². The molecule has 1 aliphatic heterocycles. The van der Waals surface area contributed by atoms with Gasteiger partial charge in [0.1, 0.15) is 0 Å². The molecule has 0 aliphatic carbocycles. The van der Waals surface area contributed by atoms with Crippen LogP contribution in [-0.2, 0) is 21.1 Å². The molecule has 126 valence electrons. The summed E-state index contributed by atoms with van der Waals surface area (Å²) in [4.78, 5) is 2.21. The smallest absolute Gasteiger partial charge is 0.153 e. The highest BCUT2D eigenvalue weighted by Gasteiger charge is 2.32. The van der Waals surface area contributed by atoms with E-state index in [0.717, 1.165) is 25.3 Å². The lowest BCUT2D eigenvalue weighted by molar-refractivity contribution is 0.0752. The minimum absolute atomic E-state index is 0.110. The molecule has 1 aliphatic rings. The van der Waals surface area contributed by atoms with Gasteiger partial charge < -0.3 is 4.74 Å². The number of hydrogen-bond donors (Lipinski definition) is 0. The summed E-state index contributed by atoms with van der Waals surface area (Å²) in [6, 6.07) is -0.110. The van der Waals surface area contributed by atoms with E-state index in [4.69, 9.17) is 4.74 Å². The molecule has 0 saturated carbocycles. The highest BCUT2D eigenvalue weighted by molar-refractivity contribution is 7.91. The van der Waals surface area contributed by atoms with Gasteiger partial charge in [0.2, 0.25) is 0 Å². The molecule has 1 atom stereocenters. The fourth-order valence-electron chi connectivity index (χ4n) is 2.64. The van der Waals surface area contributed by atoms with Crippen LogP contribution in [0.25, 0.3) is 0 Å². The van der Waals surface area contributed by atoms with Crippen LogP contribution in [0.15, 0.2) is 12.4 Å². The zero-order valence-electron chi connectivity index (χ0n) is 13.7. The highest BCUT2D eigenvalue weighted by Crippen LogP contribution is 2.26. The molecule has 0 unspecified atom stereocenters. The Morgan fingerprint density at radius 3 is 2.86 bits per heavy atom. The number of nitrogens with zero attached hydrogens (tertiary/aromatic N) is 3. The maximum Gasteiger partial charge on any atom is 0.153 e. The lowest BCUT2D eigenvalue weighted by Gasteiger charge is -2.34. The fraction of sp³-hybridized carbons (Fsp3) is 0.800. The van der Waals surface area contributed by atoms with Crippen LogP contribution < -0.4 is 0 Å². The van der Waals surface area contributed by atoms with Gasteiger partial charge in [-0.2, -0.15) is 5.10 Å². The second-order valence-corrected chi connectivity index (χ2v) is 8.49. The van der Waals surface area contributed by atoms with Crippen molar-refractivity contribution in [3.8, 4) is 0 Å². The first-order chi connectivity index (χ1) is 10.4. The molecule has 0 aromatic carbocycles. The van der Waals surface area contributed by atoms with Crippen molar-refractivity contribution in [2.45, 2.75) is 33.4 Å². The van der Waals surface area contributed by atoms with E-state index in [1.54, 1.807) is 6.20 Å². The summed E-state index contributed by atoms with van der Waals surface area (Å²) >= 11 is 0. The van der Waals surface area contributed by atoms with Gasteiger partial charge in [0.25, 0.3) is 0 Å². The van der Waals surface area contributed by atoms with E-state index in [1.165, 1.54) is 0 Å². The molecule has 6 nitrogen and oxygen atoms in total. The Hall–Kier alpha value is -0.920. The first-order valence-corrected chi connectivity index (χ1v) is 9.78. The van der Waals surface area contributed by atoms with E-state index in [1.807, 2.05) is 17.8 Å². The van der Waals surface area contributed by atoms with Crippen LogP contribution >= 0.6 is 0 Å². The predicted octanol–water partition coefficient (Wildman–Crippen LogP) is 1.35. The van der Waals surface area contributed by atoms with E-state index in [-0.39, 0.29) is 17.5 Å². The number of sulfone groups is 1. The fourth-order valence-corrected chi connectivity index (χ4v) is 4.21. The zero-order chi connectivity index (χ0) is 16.2. The summed E-state index contributed by atoms with van der Waals surface area (Å²) in [5, 5.41) is 4.28. The van der Waals surface area contributed by atoms with Gasteiger partial charge in [-0.3, -0.25) is 9.58 Å². The summed E-state index contributed by atoms with van der Waals surface area (Å²) in [6.07, 6.45) is 3.74. The average Bonchev–Trinajstić information content (AvgIpc) is 2.93. The van der Waals surface area contributed by atoms with Crippen LogP contribution in [0.4, 0.5) is 0 Å². The lowest BCUT2D eigenvalue weighted by atomic mass is 10.1. The number of rotatable bonds is 7. The molecule has 0 radical (unpaired) electrons. The molecule has 0 amide bonds. The molecule has 22 heavy (non-hydrogen) atoms. The second kappa shape index (κ2) is 7.57. The van der Waals surface area contributed by atoms with Crippen molar-refractivity contribution in [1.82, 2.24) is 14.7 Å². The summed E-state index contributed by atoms with van der Waals surface area (Å²) in [5.41, 5.74) is 0.981. The van der Waals surface area contributed by atoms with Crippen LogP contribution in [-0.4, -0.2) is 60.9 Å². The Morgan fingerprint density at radius 2 is 2.23 bits per heavy atom. The highest BCUT2D eigenvalue weighted by atomic mass is 32.2. The van der Waals surface area contributed by atoms with Crippen molar-refractivity contribution in [2.24, 2.45) is 5.92 Å². The number of hydrogen-bond acceptors (Lipinski definition) is 5. The standard InChI is InChI=1S/C15H27N3O3S/c1-4-18-10-14(9-16-18)15-12-22(19,20)8-6-17(15)5-7-21-11-13(2)3/h9-10,13,15H,4-8,11-12H2,1-3H3/t15-/m1/s1. The Balaban J connectivity index is 2.02. The Kier molecular flexibility index (Phi) is 6.00. The molecule has 1 aromatic heterocycles. The molecule has 1 saturated heterocycles. The van der Waals surface area contributed by atoms with E-state index >= 15 is 0 Å². The van der Waals surface area contributed by atoms with Crippen LogP contribution in [0.5, 0.6) is 0 Å². The first-order valence-electron chi connectivity index (χ1n) is 7.96. The number of aromatic nitrogens is 2. The van der Waals surface area contributed by atoms with E-state index in [0.29, 0.717) is 19.1 Å². The minimum atomic E-state index is -2.97. The Labute approximate surface area is 133 Å². The van der Waals surface area contributed by atoms with E-state index in [9.17, 15) is 8.42 Å². The van der Waals surface area contributed by atoms with Crippen molar-refractivity contribution in [1.29, 1.82) is 0 Å². The number of ether oxygens (including phenoxy) is 1. The van der Waals surface area contributed by atoms with Crippen molar-refractivity contribution < 1.29 is 13.2 Å². The Morgan fingerprint density at radius 1 is 1.45 bits per heavy atom. The van der Waals surface area contributed by atoms with Crippen LogP contribution in [0.2, 0.25) is 0 Å². The van der Waals surface area contributed by atoms with E-state index < -0.39 is 9.84 Å². The maximum absolute atomic E-state index is 12.0. The summed E-state index contributed by atoms with van der Waals surface area (Å²) < 4.78 is 31.5. The normalized spacial score (nSPS) is 22.3. The molecule has 7 heteroatoms. The molecular formula is C15H27N3O3S. The summed E-state index contributed by atoms with van der Waals surface area (Å²) in [6.45, 7) is 9.74. The average molecular weight is 329 g/mol. The third kappa shape index (κ3) is 4.79. The molecule has 1 aromatic rings. The second-order valence-electron chi connectivity index (χ2n) is 6.26. The lowest BCUT2D eigenvalue weighted by Crippen LogP contribution is -2.44. The number of aryl methyl sites for hydroxylation is 1. The van der Waals surface area contributed by atoms with Gasteiger partial charge in [0.05, 0.1) is 30.4 Å². The molecule has 2 heterocycles. The molecule has 0 spiro atoms. The monoisotopic (exact) mass is 329 g/mol. The van der Waals surface area contributed by atoms with Gasteiger partial charge >= 0.3 is 0 Å². The predicted molar refractivity (Wildman–Crippen MR) is 86.5 cm³/mol. The molecule has 2 rings (SSSR count). The first kappa shape index (κ1) is 17.4. The molecular weight excluding hydrogens is 302 g/mol. The quantitative estimate of drug-likeness (QED) is 0.707. The molecule has 0 bridgehead atoms. The molecule has 1 fully saturated rings. The van der Waals surface area contributed by atoms with Crippen molar-refractivity contribution in [2.75, 3.05) is 37.8 Å². The van der Waals surface area contributed by atoms with Gasteiger partial charge in [-0.1, -0.05) is 13.8 Å². The topological polar surface area (TPSA) is 64.4 Å². The van der Waals surface area contributed by atoms with Gasteiger partial charge in [0, 0.05) is 38.0 Å². The maximum atomic E-state index is 12.0. The van der Waals surface area contributed by atoms with Gasteiger partial charge in [-0.15, -0.1) is 0 Å².